The van der Waals surface area contributed by atoms with E-state index in [2.05, 4.69) is 0 Å². The molecule has 0 aliphatic carbocycles. The molecule has 33 heavy (non-hydrogen) atoms. The van der Waals surface area contributed by atoms with Gasteiger partial charge >= 0.3 is 0 Å². The summed E-state index contributed by atoms with van der Waals surface area (Å²) in [4.78, 5) is 13.5. The molecular formula is C26H22ClFO5. The maximum absolute atomic E-state index is 14.3. The van der Waals surface area contributed by atoms with Gasteiger partial charge in [-0.2, -0.15) is 0 Å². The summed E-state index contributed by atoms with van der Waals surface area (Å²) >= 11 is 6.15. The monoisotopic (exact) mass is 468 g/mol. The summed E-state index contributed by atoms with van der Waals surface area (Å²) in [6, 6.07) is 13.1. The molecule has 1 heterocycles. The first-order valence-corrected chi connectivity index (χ1v) is 10.6. The number of hydrogen-bond donors (Lipinski definition) is 0. The molecule has 0 atom stereocenters. The van der Waals surface area contributed by atoms with Gasteiger partial charge in [-0.1, -0.05) is 17.7 Å². The van der Waals surface area contributed by atoms with Crippen molar-refractivity contribution < 1.29 is 23.0 Å². The SMILES string of the molecule is COc1ccc(-c2oc3cc(C)c(C)cc3c(=O)c2OCc2c(F)cccc2Cl)cc1OC. The quantitative estimate of drug-likeness (QED) is 0.325. The molecule has 1 aromatic heterocycles. The summed E-state index contributed by atoms with van der Waals surface area (Å²) in [5.41, 5.74) is 2.67. The fourth-order valence-electron chi connectivity index (χ4n) is 3.55. The van der Waals surface area contributed by atoms with Crippen LogP contribution in [0.5, 0.6) is 17.2 Å². The van der Waals surface area contributed by atoms with Crippen LogP contribution in [0.2, 0.25) is 5.02 Å². The largest absolute Gasteiger partial charge is 0.493 e. The molecule has 0 fully saturated rings. The second kappa shape index (κ2) is 9.16. The van der Waals surface area contributed by atoms with E-state index in [9.17, 15) is 9.18 Å². The Hall–Kier alpha value is -3.51. The van der Waals surface area contributed by atoms with Gasteiger partial charge in [-0.3, -0.25) is 4.79 Å². The molecule has 0 saturated carbocycles. The van der Waals surface area contributed by atoms with E-state index in [1.165, 1.54) is 26.4 Å². The zero-order chi connectivity index (χ0) is 23.7. The molecule has 0 unspecified atom stereocenters. The standard InChI is InChI=1S/C26H22ClFO5/c1-14-10-17-22(11-15(14)2)33-25(16-8-9-21(30-3)23(12-16)31-4)26(24(17)29)32-13-18-19(27)6-5-7-20(18)28/h5-12H,13H2,1-4H3. The molecular weight excluding hydrogens is 447 g/mol. The Morgan fingerprint density at radius 1 is 0.970 bits per heavy atom. The van der Waals surface area contributed by atoms with E-state index in [-0.39, 0.29) is 34.1 Å². The first-order valence-electron chi connectivity index (χ1n) is 10.2. The van der Waals surface area contributed by atoms with Crippen LogP contribution in [0.25, 0.3) is 22.3 Å². The number of halogens is 2. The lowest BCUT2D eigenvalue weighted by atomic mass is 10.0. The Morgan fingerprint density at radius 3 is 2.39 bits per heavy atom. The van der Waals surface area contributed by atoms with Gasteiger partial charge in [0.05, 0.1) is 24.6 Å². The second-order valence-corrected chi connectivity index (χ2v) is 7.99. The number of fused-ring (bicyclic) bond motifs is 1. The zero-order valence-electron chi connectivity index (χ0n) is 18.6. The highest BCUT2D eigenvalue weighted by molar-refractivity contribution is 6.31. The van der Waals surface area contributed by atoms with Gasteiger partial charge in [0.2, 0.25) is 11.2 Å². The Balaban J connectivity index is 1.92. The average molecular weight is 469 g/mol. The Kier molecular flexibility index (Phi) is 6.29. The van der Waals surface area contributed by atoms with E-state index in [1.54, 1.807) is 30.3 Å². The normalized spacial score (nSPS) is 11.0. The average Bonchev–Trinajstić information content (AvgIpc) is 2.80. The molecule has 5 nitrogen and oxygen atoms in total. The van der Waals surface area contributed by atoms with Crippen molar-refractivity contribution in [2.45, 2.75) is 20.5 Å². The highest BCUT2D eigenvalue weighted by atomic mass is 35.5. The maximum Gasteiger partial charge on any atom is 0.235 e. The van der Waals surface area contributed by atoms with E-state index >= 15 is 0 Å². The van der Waals surface area contributed by atoms with Crippen LogP contribution >= 0.6 is 11.6 Å². The molecule has 0 aliphatic heterocycles. The lowest BCUT2D eigenvalue weighted by molar-refractivity contribution is 0.292. The number of methoxy groups -OCH3 is 2. The van der Waals surface area contributed by atoms with Crippen LogP contribution in [0.15, 0.2) is 57.7 Å². The van der Waals surface area contributed by atoms with Crippen LogP contribution in [-0.2, 0) is 6.61 Å². The zero-order valence-corrected chi connectivity index (χ0v) is 19.4. The number of hydrogen-bond acceptors (Lipinski definition) is 5. The summed E-state index contributed by atoms with van der Waals surface area (Å²) in [5.74, 6) is 0.616. The lowest BCUT2D eigenvalue weighted by Crippen LogP contribution is -2.11. The van der Waals surface area contributed by atoms with Crippen LogP contribution in [0, 0.1) is 19.7 Å². The third-order valence-electron chi connectivity index (χ3n) is 5.53. The smallest absolute Gasteiger partial charge is 0.235 e. The van der Waals surface area contributed by atoms with Crippen LogP contribution in [0.4, 0.5) is 4.39 Å². The van der Waals surface area contributed by atoms with E-state index in [0.29, 0.717) is 28.0 Å². The molecule has 0 radical (unpaired) electrons. The number of benzene rings is 3. The molecule has 0 saturated heterocycles. The molecule has 7 heteroatoms. The predicted molar refractivity (Wildman–Crippen MR) is 126 cm³/mol. The molecule has 170 valence electrons. The van der Waals surface area contributed by atoms with Crippen molar-refractivity contribution in [3.05, 3.63) is 86.3 Å². The van der Waals surface area contributed by atoms with Crippen molar-refractivity contribution in [1.29, 1.82) is 0 Å². The second-order valence-electron chi connectivity index (χ2n) is 7.58. The fourth-order valence-corrected chi connectivity index (χ4v) is 3.76. The predicted octanol–water partition coefficient (Wildman–Crippen LogP) is 6.47. The van der Waals surface area contributed by atoms with Crippen molar-refractivity contribution >= 4 is 22.6 Å². The van der Waals surface area contributed by atoms with Gasteiger partial charge in [0.15, 0.2) is 17.3 Å². The Labute approximate surface area is 195 Å². The van der Waals surface area contributed by atoms with Crippen LogP contribution < -0.4 is 19.6 Å². The topological polar surface area (TPSA) is 57.9 Å². The van der Waals surface area contributed by atoms with Gasteiger partial charge in [0.1, 0.15) is 18.0 Å². The van der Waals surface area contributed by atoms with Crippen LogP contribution in [0.3, 0.4) is 0 Å². The van der Waals surface area contributed by atoms with E-state index in [4.69, 9.17) is 30.2 Å². The molecule has 0 bridgehead atoms. The molecule has 0 N–H and O–H groups in total. The summed E-state index contributed by atoms with van der Waals surface area (Å²) in [6.07, 6.45) is 0. The first-order chi connectivity index (χ1) is 15.8. The number of aryl methyl sites for hydroxylation is 2. The summed E-state index contributed by atoms with van der Waals surface area (Å²) in [7, 11) is 3.05. The molecule has 4 aromatic rings. The summed E-state index contributed by atoms with van der Waals surface area (Å²) in [5, 5.41) is 0.580. The van der Waals surface area contributed by atoms with Gasteiger partial charge in [-0.25, -0.2) is 4.39 Å². The summed E-state index contributed by atoms with van der Waals surface area (Å²) < 4.78 is 37.1. The number of rotatable bonds is 6. The molecule has 0 aliphatic rings. The maximum atomic E-state index is 14.3. The third-order valence-corrected chi connectivity index (χ3v) is 5.89. The van der Waals surface area contributed by atoms with Gasteiger partial charge < -0.3 is 18.6 Å². The van der Waals surface area contributed by atoms with Gasteiger partial charge in [0.25, 0.3) is 0 Å². The van der Waals surface area contributed by atoms with Crippen LogP contribution in [-0.4, -0.2) is 14.2 Å². The molecule has 3 aromatic carbocycles. The Bertz CT molecular complexity index is 1390. The third kappa shape index (κ3) is 4.26. The minimum absolute atomic E-state index is 0.0442. The molecule has 4 rings (SSSR count). The minimum Gasteiger partial charge on any atom is -0.493 e. The van der Waals surface area contributed by atoms with Crippen molar-refractivity contribution in [3.8, 4) is 28.6 Å². The minimum atomic E-state index is -0.521. The highest BCUT2D eigenvalue weighted by Gasteiger charge is 2.21. The molecule has 0 spiro atoms. The number of ether oxygens (including phenoxy) is 3. The van der Waals surface area contributed by atoms with Gasteiger partial charge in [-0.15, -0.1) is 0 Å². The van der Waals surface area contributed by atoms with E-state index < -0.39 is 5.82 Å². The van der Waals surface area contributed by atoms with Crippen molar-refractivity contribution in [2.24, 2.45) is 0 Å². The lowest BCUT2D eigenvalue weighted by Gasteiger charge is -2.15. The van der Waals surface area contributed by atoms with E-state index in [1.807, 2.05) is 19.9 Å². The van der Waals surface area contributed by atoms with Gasteiger partial charge in [-0.05, 0) is 67.4 Å². The van der Waals surface area contributed by atoms with Crippen molar-refractivity contribution in [2.75, 3.05) is 14.2 Å². The van der Waals surface area contributed by atoms with E-state index in [0.717, 1.165) is 11.1 Å². The van der Waals surface area contributed by atoms with Crippen LogP contribution in [0.1, 0.15) is 16.7 Å². The van der Waals surface area contributed by atoms with Crippen molar-refractivity contribution in [3.63, 3.8) is 0 Å². The highest BCUT2D eigenvalue weighted by Crippen LogP contribution is 2.37. The Morgan fingerprint density at radius 2 is 1.70 bits per heavy atom. The van der Waals surface area contributed by atoms with Gasteiger partial charge in [0, 0.05) is 11.1 Å². The van der Waals surface area contributed by atoms with Crippen molar-refractivity contribution in [1.82, 2.24) is 0 Å². The molecule has 0 amide bonds. The first kappa shape index (κ1) is 22.7. The summed E-state index contributed by atoms with van der Waals surface area (Å²) in [6.45, 7) is 3.61. The fraction of sp³-hybridized carbons (Fsp3) is 0.192.